The fourth-order valence-corrected chi connectivity index (χ4v) is 1.48. The van der Waals surface area contributed by atoms with Crippen LogP contribution >= 0.6 is 0 Å². The van der Waals surface area contributed by atoms with Gasteiger partial charge in [-0.3, -0.25) is 4.79 Å². The Hall–Kier alpha value is -1.79. The van der Waals surface area contributed by atoms with Crippen LogP contribution in [0.4, 0.5) is 0 Å². The van der Waals surface area contributed by atoms with Gasteiger partial charge in [0.05, 0.1) is 19.3 Å². The summed E-state index contributed by atoms with van der Waals surface area (Å²) in [7, 11) is 3.14. The molecule has 0 fully saturated rings. The van der Waals surface area contributed by atoms with Crippen LogP contribution in [-0.4, -0.2) is 51.5 Å². The molecule has 6 nitrogen and oxygen atoms in total. The summed E-state index contributed by atoms with van der Waals surface area (Å²) in [6.45, 7) is 2.47. The summed E-state index contributed by atoms with van der Waals surface area (Å²) in [5, 5.41) is 15.4. The first-order valence-electron chi connectivity index (χ1n) is 6.04. The summed E-state index contributed by atoms with van der Waals surface area (Å²) in [4.78, 5) is 11.8. The normalized spacial score (nSPS) is 10.2. The van der Waals surface area contributed by atoms with Crippen LogP contribution in [0.5, 0.6) is 11.5 Å². The zero-order valence-corrected chi connectivity index (χ0v) is 11.2. The van der Waals surface area contributed by atoms with Crippen molar-refractivity contribution < 1.29 is 19.4 Å². The maximum Gasteiger partial charge on any atom is 0.255 e. The third kappa shape index (κ3) is 5.15. The minimum absolute atomic E-state index is 0.0642. The van der Waals surface area contributed by atoms with E-state index in [9.17, 15) is 9.90 Å². The van der Waals surface area contributed by atoms with Gasteiger partial charge in [0.2, 0.25) is 0 Å². The number of benzene rings is 1. The third-order valence-corrected chi connectivity index (χ3v) is 2.52. The largest absolute Gasteiger partial charge is 0.507 e. The molecule has 1 amide bonds. The highest BCUT2D eigenvalue weighted by Crippen LogP contribution is 2.22. The van der Waals surface area contributed by atoms with Crippen molar-refractivity contribution in [3.05, 3.63) is 23.8 Å². The molecule has 0 spiro atoms. The number of methoxy groups -OCH3 is 2. The predicted octanol–water partition coefficient (Wildman–Crippen LogP) is 0.367. The number of phenolic OH excluding ortho intramolecular Hbond substituents is 1. The molecule has 1 aromatic rings. The van der Waals surface area contributed by atoms with Crippen molar-refractivity contribution in [1.29, 1.82) is 0 Å². The second-order valence-corrected chi connectivity index (χ2v) is 3.88. The number of phenols is 1. The third-order valence-electron chi connectivity index (χ3n) is 2.52. The molecule has 106 valence electrons. The Morgan fingerprint density at radius 3 is 2.74 bits per heavy atom. The van der Waals surface area contributed by atoms with Gasteiger partial charge in [0, 0.05) is 26.7 Å². The lowest BCUT2D eigenvalue weighted by molar-refractivity contribution is 0.0950. The molecule has 3 N–H and O–H groups in total. The lowest BCUT2D eigenvalue weighted by Crippen LogP contribution is -2.33. The van der Waals surface area contributed by atoms with Gasteiger partial charge in [0.1, 0.15) is 11.5 Å². The first-order valence-corrected chi connectivity index (χ1v) is 6.04. The lowest BCUT2D eigenvalue weighted by atomic mass is 10.1. The molecule has 1 aromatic carbocycles. The number of hydrogen-bond acceptors (Lipinski definition) is 5. The summed E-state index contributed by atoms with van der Waals surface area (Å²) in [5.74, 6) is 0.136. The molecule has 6 heteroatoms. The summed E-state index contributed by atoms with van der Waals surface area (Å²) < 4.78 is 9.90. The van der Waals surface area contributed by atoms with Crippen molar-refractivity contribution in [1.82, 2.24) is 10.6 Å². The number of hydrogen-bond donors (Lipinski definition) is 3. The molecule has 0 radical (unpaired) electrons. The highest BCUT2D eigenvalue weighted by molar-refractivity contribution is 5.97. The summed E-state index contributed by atoms with van der Waals surface area (Å²) in [6, 6.07) is 4.53. The van der Waals surface area contributed by atoms with Crippen molar-refractivity contribution in [3.63, 3.8) is 0 Å². The molecular formula is C13H20N2O4. The first-order chi connectivity index (χ1) is 9.19. The maximum absolute atomic E-state index is 11.8. The SMILES string of the molecule is COCCNCCNC(=O)c1cc(OC)ccc1O. The van der Waals surface area contributed by atoms with Crippen LogP contribution in [0.15, 0.2) is 18.2 Å². The minimum atomic E-state index is -0.329. The van der Waals surface area contributed by atoms with Gasteiger partial charge < -0.3 is 25.2 Å². The molecule has 0 aromatic heterocycles. The quantitative estimate of drug-likeness (QED) is 0.593. The van der Waals surface area contributed by atoms with Crippen LogP contribution in [-0.2, 0) is 4.74 Å². The van der Waals surface area contributed by atoms with E-state index in [0.717, 1.165) is 6.54 Å². The summed E-state index contributed by atoms with van der Waals surface area (Å²) in [5.41, 5.74) is 0.205. The standard InChI is InChI=1S/C13H20N2O4/c1-18-8-7-14-5-6-15-13(17)11-9-10(19-2)3-4-12(11)16/h3-4,9,14,16H,5-8H2,1-2H3,(H,15,17). The fourth-order valence-electron chi connectivity index (χ4n) is 1.48. The van der Waals surface area contributed by atoms with Gasteiger partial charge in [-0.2, -0.15) is 0 Å². The zero-order chi connectivity index (χ0) is 14.1. The molecule has 0 atom stereocenters. The van der Waals surface area contributed by atoms with Crippen molar-refractivity contribution >= 4 is 5.91 Å². The Bertz CT molecular complexity index is 410. The first kappa shape index (κ1) is 15.3. The predicted molar refractivity (Wildman–Crippen MR) is 71.7 cm³/mol. The highest BCUT2D eigenvalue weighted by atomic mass is 16.5. The van der Waals surface area contributed by atoms with E-state index in [4.69, 9.17) is 9.47 Å². The van der Waals surface area contributed by atoms with Gasteiger partial charge in [-0.15, -0.1) is 0 Å². The van der Waals surface area contributed by atoms with E-state index in [1.807, 2.05) is 0 Å². The molecule has 0 heterocycles. The number of carbonyl (C=O) groups excluding carboxylic acids is 1. The average molecular weight is 268 g/mol. The Morgan fingerprint density at radius 1 is 1.26 bits per heavy atom. The van der Waals surface area contributed by atoms with Crippen molar-refractivity contribution in [2.75, 3.05) is 40.5 Å². The van der Waals surface area contributed by atoms with E-state index in [1.54, 1.807) is 13.2 Å². The summed E-state index contributed by atoms with van der Waals surface area (Å²) >= 11 is 0. The molecule has 0 saturated carbocycles. The van der Waals surface area contributed by atoms with Crippen LogP contribution in [0, 0.1) is 0 Å². The van der Waals surface area contributed by atoms with Gasteiger partial charge in [-0.05, 0) is 18.2 Å². The van der Waals surface area contributed by atoms with Crippen LogP contribution in [0.3, 0.4) is 0 Å². The monoisotopic (exact) mass is 268 g/mol. The molecule has 0 saturated heterocycles. The van der Waals surface area contributed by atoms with E-state index in [-0.39, 0.29) is 17.2 Å². The van der Waals surface area contributed by atoms with Gasteiger partial charge >= 0.3 is 0 Å². The van der Waals surface area contributed by atoms with Crippen molar-refractivity contribution in [2.45, 2.75) is 0 Å². The number of amides is 1. The number of rotatable bonds is 8. The molecule has 1 rings (SSSR count). The summed E-state index contributed by atoms with van der Waals surface area (Å²) in [6.07, 6.45) is 0. The van der Waals surface area contributed by atoms with Crippen LogP contribution in [0.1, 0.15) is 10.4 Å². The van der Waals surface area contributed by atoms with Crippen LogP contribution in [0.25, 0.3) is 0 Å². The lowest BCUT2D eigenvalue weighted by Gasteiger charge is -2.09. The number of nitrogens with one attached hydrogen (secondary N) is 2. The van der Waals surface area contributed by atoms with Gasteiger partial charge in [0.15, 0.2) is 0 Å². The van der Waals surface area contributed by atoms with Crippen LogP contribution in [0.2, 0.25) is 0 Å². The number of aromatic hydroxyl groups is 1. The van der Waals surface area contributed by atoms with Gasteiger partial charge in [-0.25, -0.2) is 0 Å². The molecule has 0 aliphatic heterocycles. The highest BCUT2D eigenvalue weighted by Gasteiger charge is 2.11. The van der Waals surface area contributed by atoms with E-state index in [2.05, 4.69) is 10.6 Å². The van der Waals surface area contributed by atoms with E-state index >= 15 is 0 Å². The Kier molecular flexibility index (Phi) is 6.70. The number of carbonyl (C=O) groups is 1. The molecule has 0 unspecified atom stereocenters. The van der Waals surface area contributed by atoms with Crippen molar-refractivity contribution in [3.8, 4) is 11.5 Å². The molecule has 0 bridgehead atoms. The topological polar surface area (TPSA) is 79.8 Å². The molecular weight excluding hydrogens is 248 g/mol. The van der Waals surface area contributed by atoms with Gasteiger partial charge in [0.25, 0.3) is 5.91 Å². The number of ether oxygens (including phenoxy) is 2. The van der Waals surface area contributed by atoms with Crippen molar-refractivity contribution in [2.24, 2.45) is 0 Å². The smallest absolute Gasteiger partial charge is 0.255 e. The zero-order valence-electron chi connectivity index (χ0n) is 11.2. The fraction of sp³-hybridized carbons (Fsp3) is 0.462. The van der Waals surface area contributed by atoms with E-state index in [0.29, 0.717) is 25.4 Å². The minimum Gasteiger partial charge on any atom is -0.507 e. The second kappa shape index (κ2) is 8.34. The second-order valence-electron chi connectivity index (χ2n) is 3.88. The average Bonchev–Trinajstić information content (AvgIpc) is 2.43. The molecule has 19 heavy (non-hydrogen) atoms. The van der Waals surface area contributed by atoms with E-state index in [1.165, 1.54) is 19.2 Å². The Labute approximate surface area is 112 Å². The van der Waals surface area contributed by atoms with Gasteiger partial charge in [-0.1, -0.05) is 0 Å². The van der Waals surface area contributed by atoms with E-state index < -0.39 is 0 Å². The Morgan fingerprint density at radius 2 is 2.05 bits per heavy atom. The maximum atomic E-state index is 11.8. The van der Waals surface area contributed by atoms with Crippen LogP contribution < -0.4 is 15.4 Å². The molecule has 0 aliphatic carbocycles. The molecule has 0 aliphatic rings. The Balaban J connectivity index is 2.40.